The summed E-state index contributed by atoms with van der Waals surface area (Å²) >= 11 is 0. The lowest BCUT2D eigenvalue weighted by molar-refractivity contribution is -0.138. The monoisotopic (exact) mass is 576 g/mol. The number of benzene rings is 4. The molecule has 4 aromatic rings. The fourth-order valence-electron chi connectivity index (χ4n) is 5.06. The Morgan fingerprint density at radius 1 is 0.857 bits per heavy atom. The van der Waals surface area contributed by atoms with E-state index in [2.05, 4.69) is 4.90 Å². The van der Waals surface area contributed by atoms with Gasteiger partial charge in [-0.05, 0) is 46.9 Å². The molecule has 0 unspecified atom stereocenters. The van der Waals surface area contributed by atoms with Gasteiger partial charge in [0.1, 0.15) is 0 Å². The number of methoxy groups -OCH3 is 1. The molecular weight excluding hydrogens is 541 g/mol. The summed E-state index contributed by atoms with van der Waals surface area (Å²) in [5, 5.41) is 0. The molecule has 42 heavy (non-hydrogen) atoms. The molecular formula is C34H35F3N2O3. The smallest absolute Gasteiger partial charge is 0.416 e. The van der Waals surface area contributed by atoms with Gasteiger partial charge in [-0.15, -0.1) is 0 Å². The lowest BCUT2D eigenvalue weighted by atomic mass is 9.90. The molecule has 0 saturated carbocycles. The predicted molar refractivity (Wildman–Crippen MR) is 157 cm³/mol. The quantitative estimate of drug-likeness (QED) is 0.167. The molecule has 0 radical (unpaired) electrons. The number of carbonyl (C=O) groups is 1. The van der Waals surface area contributed by atoms with Gasteiger partial charge >= 0.3 is 6.18 Å². The van der Waals surface area contributed by atoms with Crippen molar-refractivity contribution in [2.24, 2.45) is 5.73 Å². The third-order valence-electron chi connectivity index (χ3n) is 7.04. The minimum atomic E-state index is -4.45. The van der Waals surface area contributed by atoms with E-state index < -0.39 is 17.6 Å². The van der Waals surface area contributed by atoms with Crippen molar-refractivity contribution < 1.29 is 27.4 Å². The van der Waals surface area contributed by atoms with Crippen molar-refractivity contribution in [1.29, 1.82) is 0 Å². The van der Waals surface area contributed by atoms with Crippen molar-refractivity contribution in [3.63, 3.8) is 0 Å². The van der Waals surface area contributed by atoms with E-state index in [-0.39, 0.29) is 24.4 Å². The van der Waals surface area contributed by atoms with Crippen LogP contribution in [0, 0.1) is 0 Å². The average Bonchev–Trinajstić information content (AvgIpc) is 2.98. The summed E-state index contributed by atoms with van der Waals surface area (Å²) in [6, 6.07) is 30.9. The number of nitrogens with zero attached hydrogens (tertiary/aromatic N) is 1. The molecule has 0 aliphatic rings. The van der Waals surface area contributed by atoms with Gasteiger partial charge in [-0.2, -0.15) is 13.2 Å². The average molecular weight is 577 g/mol. The van der Waals surface area contributed by atoms with Gasteiger partial charge in [-0.3, -0.25) is 9.69 Å². The Kier molecular flexibility index (Phi) is 10.6. The first-order chi connectivity index (χ1) is 20.2. The summed E-state index contributed by atoms with van der Waals surface area (Å²) in [6.45, 7) is 1.43. The third-order valence-corrected chi connectivity index (χ3v) is 7.04. The normalized spacial score (nSPS) is 11.6. The fraction of sp³-hybridized carbons (Fsp3) is 0.265. The van der Waals surface area contributed by atoms with Crippen LogP contribution in [-0.2, 0) is 23.9 Å². The Balaban J connectivity index is 1.56. The molecule has 0 atom stereocenters. The van der Waals surface area contributed by atoms with E-state index in [1.165, 1.54) is 13.2 Å². The van der Waals surface area contributed by atoms with Crippen LogP contribution in [-0.4, -0.2) is 37.6 Å². The lowest BCUT2D eigenvalue weighted by Gasteiger charge is -2.29. The molecule has 220 valence electrons. The highest BCUT2D eigenvalue weighted by molar-refractivity contribution is 5.76. The van der Waals surface area contributed by atoms with Crippen molar-refractivity contribution >= 4 is 5.91 Å². The second-order valence-electron chi connectivity index (χ2n) is 10.1. The van der Waals surface area contributed by atoms with Gasteiger partial charge in [0.15, 0.2) is 11.5 Å². The van der Waals surface area contributed by atoms with Crippen LogP contribution < -0.4 is 15.2 Å². The first-order valence-electron chi connectivity index (χ1n) is 13.8. The molecule has 4 rings (SSSR count). The minimum Gasteiger partial charge on any atom is -0.493 e. The zero-order valence-electron chi connectivity index (χ0n) is 23.5. The first-order valence-corrected chi connectivity index (χ1v) is 13.8. The topological polar surface area (TPSA) is 64.8 Å². The standard InChI is InChI=1S/C34H35F3N2O3/c1-41-31-18-17-25(22-33(38)40)21-32(31)42-20-10-19-39(23-28-15-8-9-16-30(28)34(35,36)37)24-29(26-11-4-2-5-12-26)27-13-6-3-7-14-27/h2-9,11-18,21,29H,10,19-20,22-24H2,1H3,(H2,38,40). The number of hydrogen-bond donors (Lipinski definition) is 1. The predicted octanol–water partition coefficient (Wildman–Crippen LogP) is 6.85. The van der Waals surface area contributed by atoms with Crippen LogP contribution in [0.25, 0.3) is 0 Å². The molecule has 4 aromatic carbocycles. The maximum atomic E-state index is 13.9. The summed E-state index contributed by atoms with van der Waals surface area (Å²) < 4.78 is 53.1. The van der Waals surface area contributed by atoms with E-state index in [9.17, 15) is 18.0 Å². The number of nitrogens with two attached hydrogens (primary N) is 1. The largest absolute Gasteiger partial charge is 0.493 e. The van der Waals surface area contributed by atoms with Crippen LogP contribution in [0.3, 0.4) is 0 Å². The van der Waals surface area contributed by atoms with Gasteiger partial charge in [-0.1, -0.05) is 84.9 Å². The van der Waals surface area contributed by atoms with E-state index in [0.717, 1.165) is 17.2 Å². The third kappa shape index (κ3) is 8.60. The summed E-state index contributed by atoms with van der Waals surface area (Å²) in [5.41, 5.74) is 7.82. The first kappa shape index (κ1) is 30.7. The number of primary amides is 1. The van der Waals surface area contributed by atoms with Gasteiger partial charge in [0, 0.05) is 25.6 Å². The fourth-order valence-corrected chi connectivity index (χ4v) is 5.06. The van der Waals surface area contributed by atoms with Crippen LogP contribution in [0.5, 0.6) is 11.5 Å². The Morgan fingerprint density at radius 3 is 2.07 bits per heavy atom. The molecule has 0 aliphatic heterocycles. The molecule has 0 spiro atoms. The maximum Gasteiger partial charge on any atom is 0.416 e. The highest BCUT2D eigenvalue weighted by Crippen LogP contribution is 2.34. The highest BCUT2D eigenvalue weighted by Gasteiger charge is 2.33. The SMILES string of the molecule is COc1ccc(CC(N)=O)cc1OCCCN(Cc1ccccc1C(F)(F)F)CC(c1ccccc1)c1ccccc1. The van der Waals surface area contributed by atoms with Crippen molar-refractivity contribution in [2.45, 2.75) is 31.5 Å². The van der Waals surface area contributed by atoms with E-state index in [1.54, 1.807) is 30.3 Å². The molecule has 0 aliphatic carbocycles. The van der Waals surface area contributed by atoms with Crippen molar-refractivity contribution in [3.8, 4) is 11.5 Å². The minimum absolute atomic E-state index is 0.0445. The molecule has 8 heteroatoms. The van der Waals surface area contributed by atoms with Crippen LogP contribution in [0.1, 0.15) is 40.2 Å². The summed E-state index contributed by atoms with van der Waals surface area (Å²) in [4.78, 5) is 13.4. The van der Waals surface area contributed by atoms with E-state index in [4.69, 9.17) is 15.2 Å². The van der Waals surface area contributed by atoms with Gasteiger partial charge in [0.05, 0.1) is 25.7 Å². The van der Waals surface area contributed by atoms with E-state index in [0.29, 0.717) is 43.2 Å². The second-order valence-corrected chi connectivity index (χ2v) is 10.1. The van der Waals surface area contributed by atoms with E-state index >= 15 is 0 Å². The number of halogens is 3. The molecule has 0 aromatic heterocycles. The number of carbonyl (C=O) groups excluding carboxylic acids is 1. The maximum absolute atomic E-state index is 13.9. The number of alkyl halides is 3. The number of ether oxygens (including phenoxy) is 2. The van der Waals surface area contributed by atoms with Crippen molar-refractivity contribution in [2.75, 3.05) is 26.8 Å². The number of rotatable bonds is 14. The molecule has 5 nitrogen and oxygen atoms in total. The summed E-state index contributed by atoms with van der Waals surface area (Å²) in [6.07, 6.45) is -3.82. The van der Waals surface area contributed by atoms with Gasteiger partial charge in [0.25, 0.3) is 0 Å². The number of amides is 1. The zero-order chi connectivity index (χ0) is 30.0. The van der Waals surface area contributed by atoms with Gasteiger partial charge in [-0.25, -0.2) is 0 Å². The van der Waals surface area contributed by atoms with Gasteiger partial charge in [0.2, 0.25) is 5.91 Å². The van der Waals surface area contributed by atoms with Crippen LogP contribution >= 0.6 is 0 Å². The molecule has 0 heterocycles. The molecule has 1 amide bonds. The van der Waals surface area contributed by atoms with Crippen LogP contribution in [0.15, 0.2) is 103 Å². The Morgan fingerprint density at radius 2 is 1.48 bits per heavy atom. The summed E-state index contributed by atoms with van der Waals surface area (Å²) in [5.74, 6) is 0.508. The molecule has 0 bridgehead atoms. The second kappa shape index (κ2) is 14.5. The zero-order valence-corrected chi connectivity index (χ0v) is 23.5. The van der Waals surface area contributed by atoms with E-state index in [1.807, 2.05) is 60.7 Å². The Hall–Kier alpha value is -4.30. The van der Waals surface area contributed by atoms with Crippen LogP contribution in [0.2, 0.25) is 0 Å². The Bertz CT molecular complexity index is 1390. The molecule has 2 N–H and O–H groups in total. The highest BCUT2D eigenvalue weighted by atomic mass is 19.4. The lowest BCUT2D eigenvalue weighted by Crippen LogP contribution is -2.31. The molecule has 0 saturated heterocycles. The van der Waals surface area contributed by atoms with Crippen molar-refractivity contribution in [3.05, 3.63) is 131 Å². The molecule has 0 fully saturated rings. The summed E-state index contributed by atoms with van der Waals surface area (Å²) in [7, 11) is 1.53. The Labute approximate surface area is 244 Å². The van der Waals surface area contributed by atoms with Crippen LogP contribution in [0.4, 0.5) is 13.2 Å². The number of hydrogen-bond acceptors (Lipinski definition) is 4. The van der Waals surface area contributed by atoms with Gasteiger partial charge < -0.3 is 15.2 Å². The van der Waals surface area contributed by atoms with Crippen molar-refractivity contribution in [1.82, 2.24) is 4.90 Å².